The van der Waals surface area contributed by atoms with Crippen LogP contribution in [-0.2, 0) is 11.2 Å². The molecule has 164 valence electrons. The van der Waals surface area contributed by atoms with Crippen LogP contribution in [0.1, 0.15) is 86.3 Å². The van der Waals surface area contributed by atoms with Gasteiger partial charge in [0.1, 0.15) is 17.4 Å². The zero-order valence-electron chi connectivity index (χ0n) is 18.9. The molecule has 0 bridgehead atoms. The number of phenolic OH excluding ortho intramolecular Hbond substituents is 1. The quantitative estimate of drug-likeness (QED) is 0.538. The van der Waals surface area contributed by atoms with Crippen molar-refractivity contribution in [1.82, 2.24) is 0 Å². The number of ether oxygens (including phenoxy) is 1. The van der Waals surface area contributed by atoms with Crippen molar-refractivity contribution in [2.45, 2.75) is 77.4 Å². The predicted octanol–water partition coefficient (Wildman–Crippen LogP) is 5.34. The molecule has 1 N–H and O–H groups in total. The predicted molar refractivity (Wildman–Crippen MR) is 119 cm³/mol. The number of rotatable bonds is 3. The Hall–Kier alpha value is -2.36. The number of aryl methyl sites for hydroxylation is 1. The fourth-order valence-electron chi connectivity index (χ4n) is 6.85. The first kappa shape index (κ1) is 20.5. The minimum Gasteiger partial charge on any atom is -0.508 e. The zero-order valence-corrected chi connectivity index (χ0v) is 18.9. The molecule has 3 aliphatic carbocycles. The van der Waals surface area contributed by atoms with E-state index in [1.165, 1.54) is 17.5 Å². The van der Waals surface area contributed by atoms with E-state index in [2.05, 4.69) is 31.4 Å². The number of carbonyl (C=O) groups excluding carboxylic acids is 1. The molecule has 0 unspecified atom stereocenters. The molecular weight excluding hydrogens is 386 g/mol. The fraction of sp³-hybridized carbons (Fsp3) is 0.556. The molecular formula is C27H34NO3+. The van der Waals surface area contributed by atoms with Gasteiger partial charge in [0.25, 0.3) is 0 Å². The number of phenols is 1. The topological polar surface area (TPSA) is 50.4 Å². The normalized spacial score (nSPS) is 31.6. The number of fused-ring (bicyclic) bond motifs is 5. The molecule has 2 aromatic rings. The Morgan fingerprint density at radius 1 is 1.19 bits per heavy atom. The lowest BCUT2D eigenvalue weighted by atomic mass is 9.55. The molecule has 1 aromatic heterocycles. The Morgan fingerprint density at radius 2 is 2.03 bits per heavy atom. The SMILES string of the molecule is CC(C)[n+]1cccc(C(=O)O[C@@H]2CC[C@H]3[C@@H]4CCc5cc(O)ccc5[C@H]4CC[C@]23C)c1. The van der Waals surface area contributed by atoms with Crippen molar-refractivity contribution in [2.24, 2.45) is 17.3 Å². The zero-order chi connectivity index (χ0) is 21.8. The molecule has 2 fully saturated rings. The molecule has 0 saturated heterocycles. The van der Waals surface area contributed by atoms with Crippen molar-refractivity contribution >= 4 is 5.97 Å². The summed E-state index contributed by atoms with van der Waals surface area (Å²) in [5, 5.41) is 9.89. The third-order valence-electron chi connectivity index (χ3n) is 8.53. The first-order valence-electron chi connectivity index (χ1n) is 11.9. The lowest BCUT2D eigenvalue weighted by molar-refractivity contribution is -0.716. The van der Waals surface area contributed by atoms with Crippen LogP contribution in [0.2, 0.25) is 0 Å². The summed E-state index contributed by atoms with van der Waals surface area (Å²) < 4.78 is 8.24. The van der Waals surface area contributed by atoms with Gasteiger partial charge in [0.15, 0.2) is 18.4 Å². The maximum atomic E-state index is 13.0. The second kappa shape index (κ2) is 7.65. The first-order valence-corrected chi connectivity index (χ1v) is 11.9. The highest BCUT2D eigenvalue weighted by atomic mass is 16.5. The molecule has 0 radical (unpaired) electrons. The molecule has 1 aromatic carbocycles. The van der Waals surface area contributed by atoms with Crippen LogP contribution in [0.4, 0.5) is 0 Å². The second-order valence-corrected chi connectivity index (χ2v) is 10.4. The van der Waals surface area contributed by atoms with Crippen LogP contribution in [0.15, 0.2) is 42.7 Å². The van der Waals surface area contributed by atoms with Crippen LogP contribution in [0, 0.1) is 17.3 Å². The molecule has 0 aliphatic heterocycles. The maximum Gasteiger partial charge on any atom is 0.344 e. The lowest BCUT2D eigenvalue weighted by Gasteiger charge is -2.50. The third kappa shape index (κ3) is 3.44. The van der Waals surface area contributed by atoms with Crippen molar-refractivity contribution in [3.63, 3.8) is 0 Å². The van der Waals surface area contributed by atoms with Crippen molar-refractivity contribution in [2.75, 3.05) is 0 Å². The Balaban J connectivity index is 1.34. The number of aromatic nitrogens is 1. The third-order valence-corrected chi connectivity index (χ3v) is 8.53. The fourth-order valence-corrected chi connectivity index (χ4v) is 6.85. The van der Waals surface area contributed by atoms with Crippen molar-refractivity contribution < 1.29 is 19.2 Å². The van der Waals surface area contributed by atoms with E-state index in [-0.39, 0.29) is 17.5 Å². The molecule has 5 rings (SSSR count). The van der Waals surface area contributed by atoms with Gasteiger partial charge in [-0.15, -0.1) is 0 Å². The summed E-state index contributed by atoms with van der Waals surface area (Å²) in [6.45, 7) is 6.59. The molecule has 4 nitrogen and oxygen atoms in total. The van der Waals surface area contributed by atoms with Gasteiger partial charge < -0.3 is 9.84 Å². The smallest absolute Gasteiger partial charge is 0.344 e. The van der Waals surface area contributed by atoms with E-state index in [9.17, 15) is 9.90 Å². The number of aromatic hydroxyl groups is 1. The van der Waals surface area contributed by atoms with Crippen LogP contribution in [0.5, 0.6) is 5.75 Å². The number of hydrogen-bond donors (Lipinski definition) is 1. The van der Waals surface area contributed by atoms with E-state index >= 15 is 0 Å². The van der Waals surface area contributed by atoms with E-state index in [0.717, 1.165) is 32.1 Å². The second-order valence-electron chi connectivity index (χ2n) is 10.4. The van der Waals surface area contributed by atoms with Gasteiger partial charge in [-0.3, -0.25) is 0 Å². The van der Waals surface area contributed by atoms with Crippen LogP contribution in [0.3, 0.4) is 0 Å². The first-order chi connectivity index (χ1) is 14.9. The molecule has 1 heterocycles. The van der Waals surface area contributed by atoms with Crippen molar-refractivity contribution in [1.29, 1.82) is 0 Å². The van der Waals surface area contributed by atoms with E-state index in [4.69, 9.17) is 4.74 Å². The van der Waals surface area contributed by atoms with Gasteiger partial charge >= 0.3 is 5.97 Å². The standard InChI is InChI=1S/C27H33NO3/c1-17(2)28-14-4-5-19(16-28)26(30)31-25-11-10-24-23-8-6-18-15-20(29)7-9-21(18)22(23)12-13-27(24,25)3/h4-5,7,9,14-17,22-25H,6,8,10-13H2,1-3H3/p+1/t22-,23-,24+,25-,27+/m1/s1. The number of esters is 1. The van der Waals surface area contributed by atoms with Crippen LogP contribution >= 0.6 is 0 Å². The molecule has 5 atom stereocenters. The Labute approximate surface area is 185 Å². The van der Waals surface area contributed by atoms with Gasteiger partial charge in [-0.05, 0) is 99.5 Å². The molecule has 2 saturated carbocycles. The monoisotopic (exact) mass is 420 g/mol. The van der Waals surface area contributed by atoms with Crippen molar-refractivity contribution in [3.05, 3.63) is 59.4 Å². The summed E-state index contributed by atoms with van der Waals surface area (Å²) in [4.78, 5) is 13.0. The van der Waals surface area contributed by atoms with Crippen LogP contribution < -0.4 is 4.57 Å². The maximum absolute atomic E-state index is 13.0. The van der Waals surface area contributed by atoms with Gasteiger partial charge in [0.2, 0.25) is 0 Å². The molecule has 0 amide bonds. The summed E-state index contributed by atoms with van der Waals surface area (Å²) in [7, 11) is 0. The van der Waals surface area contributed by atoms with E-state index < -0.39 is 0 Å². The van der Waals surface area contributed by atoms with Gasteiger partial charge in [-0.2, -0.15) is 0 Å². The van der Waals surface area contributed by atoms with Crippen molar-refractivity contribution in [3.8, 4) is 5.75 Å². The van der Waals surface area contributed by atoms with Crippen LogP contribution in [-0.4, -0.2) is 17.2 Å². The van der Waals surface area contributed by atoms with E-state index in [1.54, 1.807) is 0 Å². The molecule has 3 aliphatic rings. The Bertz CT molecular complexity index is 1000. The highest BCUT2D eigenvalue weighted by molar-refractivity contribution is 5.88. The number of pyridine rings is 1. The summed E-state index contributed by atoms with van der Waals surface area (Å²) in [5.41, 5.74) is 3.48. The highest BCUT2D eigenvalue weighted by Gasteiger charge is 2.56. The number of nitrogens with zero attached hydrogens (tertiary/aromatic N) is 1. The molecule has 0 spiro atoms. The summed E-state index contributed by atoms with van der Waals surface area (Å²) in [5.74, 6) is 2.02. The Kier molecular flexibility index (Phi) is 5.07. The number of hydrogen-bond acceptors (Lipinski definition) is 3. The largest absolute Gasteiger partial charge is 0.508 e. The summed E-state index contributed by atoms with van der Waals surface area (Å²) >= 11 is 0. The molecule has 31 heavy (non-hydrogen) atoms. The Morgan fingerprint density at radius 3 is 2.84 bits per heavy atom. The van der Waals surface area contributed by atoms with E-state index in [1.807, 2.05) is 36.7 Å². The average molecular weight is 421 g/mol. The van der Waals surface area contributed by atoms with Gasteiger partial charge in [-0.25, -0.2) is 9.36 Å². The minimum absolute atomic E-state index is 0.000120. The number of benzene rings is 1. The average Bonchev–Trinajstić information content (AvgIpc) is 3.09. The van der Waals surface area contributed by atoms with Gasteiger partial charge in [0.05, 0.1) is 0 Å². The van der Waals surface area contributed by atoms with Gasteiger partial charge in [-0.1, -0.05) is 13.0 Å². The molecule has 4 heteroatoms. The van der Waals surface area contributed by atoms with Gasteiger partial charge in [0, 0.05) is 11.5 Å². The highest BCUT2D eigenvalue weighted by Crippen LogP contribution is 2.61. The summed E-state index contributed by atoms with van der Waals surface area (Å²) in [6.07, 6.45) is 10.5. The van der Waals surface area contributed by atoms with E-state index in [0.29, 0.717) is 35.1 Å². The minimum atomic E-state index is -0.187. The number of carbonyl (C=O) groups is 1. The van der Waals surface area contributed by atoms with Crippen LogP contribution in [0.25, 0.3) is 0 Å². The summed E-state index contributed by atoms with van der Waals surface area (Å²) in [6, 6.07) is 10.1. The lowest BCUT2D eigenvalue weighted by Crippen LogP contribution is -2.45.